The van der Waals surface area contributed by atoms with Crippen molar-refractivity contribution in [2.75, 3.05) is 34.4 Å². The van der Waals surface area contributed by atoms with Gasteiger partial charge in [0, 0.05) is 68.8 Å². The summed E-state index contributed by atoms with van der Waals surface area (Å²) in [6, 6.07) is 12.0. The van der Waals surface area contributed by atoms with E-state index in [0.29, 0.717) is 66.7 Å². The van der Waals surface area contributed by atoms with Gasteiger partial charge in [-0.15, -0.1) is 0 Å². The second-order valence-corrected chi connectivity index (χ2v) is 13.6. The first-order valence-electron chi connectivity index (χ1n) is 17.4. The van der Waals surface area contributed by atoms with Gasteiger partial charge < -0.3 is 35.5 Å². The fourth-order valence-corrected chi connectivity index (χ4v) is 7.52. The molecular formula is C38H44Cl2N6O5. The lowest BCUT2D eigenvalue weighted by Gasteiger charge is -2.23. The topological polar surface area (TPSA) is 136 Å². The van der Waals surface area contributed by atoms with Gasteiger partial charge in [0.1, 0.15) is 11.1 Å². The molecule has 4 N–H and O–H groups in total. The molecule has 6 rings (SSSR count). The van der Waals surface area contributed by atoms with Gasteiger partial charge in [-0.05, 0) is 66.5 Å². The summed E-state index contributed by atoms with van der Waals surface area (Å²) in [7, 11) is 4.80. The molecule has 3 aromatic rings. The standard InChI is InChI=1S/C38H44Cl2N6O5/c1-41-33(47)16-17-42-20-23-18-30(39)38(46-37(23)50-3)51-32-14-12-26-25(6-4-7-27(26)32)28-8-5-9-29(35(28)40)31-13-10-22(36(45-31)49-2)19-43-21-24-11-15-34(48)44-24/h5,7-10,13,18,24,32,42-43H,4,6,11-12,14-17,19-21H2,1-3H3,(H,41,47)(H,44,48)/t24-,32-/m0/s1. The number of pyridine rings is 2. The SMILES string of the molecule is CNC(=O)CCNCc1cc(Cl)c(O[C@H]2CCC3=C(c4cccc(-c5ccc(CNC[C@@H]6CCC(=O)N6)c(OC)n5)c4Cl)CCC=C32)nc1OC. The van der Waals surface area contributed by atoms with Crippen LogP contribution in [-0.2, 0) is 22.7 Å². The Morgan fingerprint density at radius 3 is 2.47 bits per heavy atom. The van der Waals surface area contributed by atoms with Gasteiger partial charge in [0.05, 0.1) is 24.9 Å². The van der Waals surface area contributed by atoms with Crippen molar-refractivity contribution >= 4 is 40.6 Å². The number of nitrogens with one attached hydrogen (secondary N) is 4. The maximum Gasteiger partial charge on any atom is 0.236 e. The van der Waals surface area contributed by atoms with Crippen LogP contribution in [0.2, 0.25) is 10.0 Å². The Kier molecular flexibility index (Phi) is 12.1. The van der Waals surface area contributed by atoms with Crippen LogP contribution in [0.25, 0.3) is 16.8 Å². The van der Waals surface area contributed by atoms with Crippen LogP contribution in [0.15, 0.2) is 53.6 Å². The van der Waals surface area contributed by atoms with Crippen molar-refractivity contribution in [3.8, 4) is 28.9 Å². The number of rotatable bonds is 15. The number of amides is 2. The predicted molar refractivity (Wildman–Crippen MR) is 198 cm³/mol. The maximum absolute atomic E-state index is 11.5. The van der Waals surface area contributed by atoms with Crippen LogP contribution in [-0.4, -0.2) is 68.3 Å². The minimum atomic E-state index is -0.208. The lowest BCUT2D eigenvalue weighted by Crippen LogP contribution is -2.35. The zero-order valence-electron chi connectivity index (χ0n) is 29.2. The fourth-order valence-electron chi connectivity index (χ4n) is 6.96. The Bertz CT molecular complexity index is 1850. The number of aromatic nitrogens is 2. The third kappa shape index (κ3) is 8.49. The van der Waals surface area contributed by atoms with E-state index in [0.717, 1.165) is 65.6 Å². The highest BCUT2D eigenvalue weighted by atomic mass is 35.5. The van der Waals surface area contributed by atoms with Crippen LogP contribution in [0.1, 0.15) is 61.6 Å². The molecular weight excluding hydrogens is 691 g/mol. The lowest BCUT2D eigenvalue weighted by molar-refractivity contribution is -0.120. The van der Waals surface area contributed by atoms with Gasteiger partial charge >= 0.3 is 0 Å². The zero-order chi connectivity index (χ0) is 35.9. The summed E-state index contributed by atoms with van der Waals surface area (Å²) in [5, 5.41) is 13.3. The molecule has 2 amide bonds. The molecule has 2 aromatic heterocycles. The third-order valence-corrected chi connectivity index (χ3v) is 10.2. The average molecular weight is 736 g/mol. The molecule has 51 heavy (non-hydrogen) atoms. The molecule has 3 aliphatic rings. The molecule has 0 spiro atoms. The second-order valence-electron chi connectivity index (χ2n) is 12.8. The molecule has 3 heterocycles. The summed E-state index contributed by atoms with van der Waals surface area (Å²) in [5.41, 5.74) is 7.87. The van der Waals surface area contributed by atoms with Crippen LogP contribution in [0.4, 0.5) is 0 Å². The van der Waals surface area contributed by atoms with Gasteiger partial charge in [-0.3, -0.25) is 9.59 Å². The Labute approximate surface area is 308 Å². The van der Waals surface area contributed by atoms with E-state index in [1.165, 1.54) is 11.1 Å². The molecule has 0 radical (unpaired) electrons. The van der Waals surface area contributed by atoms with E-state index >= 15 is 0 Å². The van der Waals surface area contributed by atoms with E-state index < -0.39 is 0 Å². The first-order valence-corrected chi connectivity index (χ1v) is 18.1. The second kappa shape index (κ2) is 16.9. The number of fused-ring (bicyclic) bond motifs is 1. The Morgan fingerprint density at radius 2 is 1.71 bits per heavy atom. The van der Waals surface area contributed by atoms with Gasteiger partial charge in [0.2, 0.25) is 29.5 Å². The Balaban J connectivity index is 1.17. The highest BCUT2D eigenvalue weighted by Gasteiger charge is 2.33. The van der Waals surface area contributed by atoms with Crippen molar-refractivity contribution in [3.63, 3.8) is 0 Å². The molecule has 13 heteroatoms. The van der Waals surface area contributed by atoms with Crippen molar-refractivity contribution < 1.29 is 23.8 Å². The molecule has 11 nitrogen and oxygen atoms in total. The van der Waals surface area contributed by atoms with Gasteiger partial charge in [-0.25, -0.2) is 4.98 Å². The molecule has 2 fully saturated rings. The third-order valence-electron chi connectivity index (χ3n) is 9.55. The highest BCUT2D eigenvalue weighted by molar-refractivity contribution is 6.35. The van der Waals surface area contributed by atoms with E-state index in [1.54, 1.807) is 27.3 Å². The predicted octanol–water partition coefficient (Wildman–Crippen LogP) is 5.78. The first-order chi connectivity index (χ1) is 24.8. The zero-order valence-corrected chi connectivity index (χ0v) is 30.7. The molecule has 1 saturated carbocycles. The van der Waals surface area contributed by atoms with Crippen LogP contribution in [0.3, 0.4) is 0 Å². The summed E-state index contributed by atoms with van der Waals surface area (Å²) in [6.45, 7) is 2.22. The molecule has 270 valence electrons. The van der Waals surface area contributed by atoms with Crippen molar-refractivity contribution in [1.29, 1.82) is 0 Å². The number of ether oxygens (including phenoxy) is 3. The van der Waals surface area contributed by atoms with Crippen LogP contribution in [0, 0.1) is 0 Å². The van der Waals surface area contributed by atoms with Gasteiger partial charge in [-0.1, -0.05) is 53.5 Å². The van der Waals surface area contributed by atoms with E-state index in [4.69, 9.17) is 42.4 Å². The van der Waals surface area contributed by atoms with E-state index in [1.807, 2.05) is 24.3 Å². The van der Waals surface area contributed by atoms with E-state index in [2.05, 4.69) is 38.4 Å². The number of benzene rings is 1. The fraction of sp³-hybridized carbons (Fsp3) is 0.421. The normalized spacial score (nSPS) is 18.3. The maximum atomic E-state index is 11.5. The summed E-state index contributed by atoms with van der Waals surface area (Å²) in [5.74, 6) is 1.36. The number of methoxy groups -OCH3 is 2. The summed E-state index contributed by atoms with van der Waals surface area (Å²) in [4.78, 5) is 32.5. The largest absolute Gasteiger partial charge is 0.481 e. The first kappa shape index (κ1) is 36.6. The molecule has 1 aromatic carbocycles. The van der Waals surface area contributed by atoms with Gasteiger partial charge in [-0.2, -0.15) is 4.98 Å². The lowest BCUT2D eigenvalue weighted by atomic mass is 9.87. The number of halogens is 2. The summed E-state index contributed by atoms with van der Waals surface area (Å²) >= 11 is 13.9. The number of allylic oxidation sites excluding steroid dienone is 2. The quantitative estimate of drug-likeness (QED) is 0.143. The molecule has 2 aliphatic carbocycles. The monoisotopic (exact) mass is 734 g/mol. The highest BCUT2D eigenvalue weighted by Crippen LogP contribution is 2.46. The van der Waals surface area contributed by atoms with Gasteiger partial charge in [0.15, 0.2) is 0 Å². The van der Waals surface area contributed by atoms with Crippen molar-refractivity contribution in [3.05, 3.63) is 80.4 Å². The number of nitrogens with zero attached hydrogens (tertiary/aromatic N) is 2. The van der Waals surface area contributed by atoms with E-state index in [9.17, 15) is 9.59 Å². The smallest absolute Gasteiger partial charge is 0.236 e. The average Bonchev–Trinajstić information content (AvgIpc) is 3.76. The molecule has 1 aliphatic heterocycles. The summed E-state index contributed by atoms with van der Waals surface area (Å²) < 4.78 is 17.7. The van der Waals surface area contributed by atoms with Crippen LogP contribution < -0.4 is 35.5 Å². The number of hydrogen-bond acceptors (Lipinski definition) is 9. The molecule has 2 atom stereocenters. The number of hydrogen-bond donors (Lipinski definition) is 4. The summed E-state index contributed by atoms with van der Waals surface area (Å²) in [6.07, 6.45) is 7.19. The van der Waals surface area contributed by atoms with E-state index in [-0.39, 0.29) is 24.0 Å². The van der Waals surface area contributed by atoms with Crippen LogP contribution in [0.5, 0.6) is 17.6 Å². The molecule has 1 saturated heterocycles. The van der Waals surface area contributed by atoms with Crippen molar-refractivity contribution in [1.82, 2.24) is 31.2 Å². The molecule has 0 unspecified atom stereocenters. The Hall–Kier alpha value is -4.16. The molecule has 0 bridgehead atoms. The number of carbonyl (C=O) groups is 2. The minimum absolute atomic E-state index is 0.0319. The van der Waals surface area contributed by atoms with Crippen molar-refractivity contribution in [2.45, 2.75) is 70.2 Å². The van der Waals surface area contributed by atoms with Gasteiger partial charge in [0.25, 0.3) is 0 Å². The number of carbonyl (C=O) groups excluding carboxylic acids is 2. The van der Waals surface area contributed by atoms with Crippen molar-refractivity contribution in [2.24, 2.45) is 0 Å². The minimum Gasteiger partial charge on any atom is -0.481 e. The Morgan fingerprint density at radius 1 is 0.922 bits per heavy atom. The van der Waals surface area contributed by atoms with Crippen LogP contribution >= 0.6 is 23.2 Å².